The molecule has 0 amide bonds. The molecule has 1 heterocycles. The summed E-state index contributed by atoms with van der Waals surface area (Å²) in [6.45, 7) is 5.73. The summed E-state index contributed by atoms with van der Waals surface area (Å²) in [4.78, 5) is 4.81. The molecule has 3 aromatic rings. The van der Waals surface area contributed by atoms with Gasteiger partial charge in [0.15, 0.2) is 5.96 Å². The van der Waals surface area contributed by atoms with Crippen LogP contribution in [0.2, 0.25) is 0 Å². The van der Waals surface area contributed by atoms with Gasteiger partial charge in [-0.05, 0) is 32.0 Å². The molecule has 0 spiro atoms. The maximum Gasteiger partial charge on any atom is 0.240 e. The average molecular weight is 415 g/mol. The minimum Gasteiger partial charge on any atom is -0.459 e. The van der Waals surface area contributed by atoms with Gasteiger partial charge in [-0.2, -0.15) is 0 Å². The van der Waals surface area contributed by atoms with Crippen molar-refractivity contribution in [3.8, 4) is 0 Å². The lowest BCUT2D eigenvalue weighted by molar-refractivity contribution is 0.548. The number of hydrogen-bond acceptors (Lipinski definition) is 4. The number of sulfonamides is 1. The third kappa shape index (κ3) is 5.36. The minimum absolute atomic E-state index is 0.241. The van der Waals surface area contributed by atoms with Crippen LogP contribution in [-0.2, 0) is 16.6 Å². The normalized spacial score (nSPS) is 12.3. The first kappa shape index (κ1) is 20.9. The summed E-state index contributed by atoms with van der Waals surface area (Å²) in [6.07, 6.45) is 0. The van der Waals surface area contributed by atoms with Gasteiger partial charge in [-0.15, -0.1) is 0 Å². The molecular weight excluding hydrogens is 388 g/mol. The Balaban J connectivity index is 1.57. The molecule has 0 fully saturated rings. The predicted molar refractivity (Wildman–Crippen MR) is 115 cm³/mol. The van der Waals surface area contributed by atoms with Crippen LogP contribution in [0.3, 0.4) is 0 Å². The van der Waals surface area contributed by atoms with E-state index in [0.29, 0.717) is 25.6 Å². The molecular formula is C21H26N4O3S. The van der Waals surface area contributed by atoms with Crippen molar-refractivity contribution in [2.45, 2.75) is 25.3 Å². The molecule has 0 radical (unpaired) electrons. The lowest BCUT2D eigenvalue weighted by atomic mass is 10.1. The zero-order valence-electron chi connectivity index (χ0n) is 16.6. The lowest BCUT2D eigenvalue weighted by Crippen LogP contribution is -2.41. The molecule has 0 unspecified atom stereocenters. The highest BCUT2D eigenvalue weighted by molar-refractivity contribution is 7.89. The zero-order chi connectivity index (χ0) is 20.7. The quantitative estimate of drug-likeness (QED) is 0.299. The highest BCUT2D eigenvalue weighted by Gasteiger charge is 2.12. The number of benzene rings is 2. The number of rotatable bonds is 8. The van der Waals surface area contributed by atoms with E-state index in [1.165, 1.54) is 0 Å². The number of aryl methyl sites for hydroxylation is 1. The van der Waals surface area contributed by atoms with E-state index in [0.717, 1.165) is 22.3 Å². The molecule has 1 aromatic heterocycles. The predicted octanol–water partition coefficient (Wildman–Crippen LogP) is 2.77. The summed E-state index contributed by atoms with van der Waals surface area (Å²) in [5.74, 6) is 1.42. The Labute approximate surface area is 171 Å². The van der Waals surface area contributed by atoms with Crippen LogP contribution in [0.1, 0.15) is 18.2 Å². The number of fused-ring (bicyclic) bond motifs is 1. The van der Waals surface area contributed by atoms with Crippen molar-refractivity contribution in [2.75, 3.05) is 19.6 Å². The lowest BCUT2D eigenvalue weighted by Gasteiger charge is -2.12. The van der Waals surface area contributed by atoms with Crippen molar-refractivity contribution >= 4 is 27.0 Å². The Kier molecular flexibility index (Phi) is 6.90. The molecule has 3 rings (SSSR count). The summed E-state index contributed by atoms with van der Waals surface area (Å²) in [5, 5.41) is 7.38. The van der Waals surface area contributed by atoms with Crippen LogP contribution < -0.4 is 15.4 Å². The van der Waals surface area contributed by atoms with Crippen LogP contribution in [0.25, 0.3) is 11.0 Å². The Hall–Kier alpha value is -2.84. The highest BCUT2D eigenvalue weighted by Crippen LogP contribution is 2.25. The van der Waals surface area contributed by atoms with E-state index in [9.17, 15) is 8.42 Å². The van der Waals surface area contributed by atoms with Crippen LogP contribution in [0, 0.1) is 6.92 Å². The van der Waals surface area contributed by atoms with Crippen LogP contribution in [0.4, 0.5) is 0 Å². The van der Waals surface area contributed by atoms with E-state index in [4.69, 9.17) is 4.42 Å². The maximum atomic E-state index is 12.2. The molecule has 154 valence electrons. The van der Waals surface area contributed by atoms with E-state index < -0.39 is 10.0 Å². The fourth-order valence-electron chi connectivity index (χ4n) is 2.92. The summed E-state index contributed by atoms with van der Waals surface area (Å²) < 4.78 is 33.0. The molecule has 0 saturated carbocycles. The molecule has 29 heavy (non-hydrogen) atoms. The first-order chi connectivity index (χ1) is 14.0. The molecule has 0 atom stereocenters. The molecule has 0 saturated heterocycles. The number of furan rings is 1. The standard InChI is InChI=1S/C21H26N4O3S/c1-3-22-21(23-13-14-25-29(26,27)17-9-5-4-6-10-17)24-15-20-16(2)18-11-7-8-12-19(18)28-20/h4-12,25H,3,13-15H2,1-2H3,(H2,22,23,24). The molecule has 0 bridgehead atoms. The van der Waals surface area contributed by atoms with Crippen molar-refractivity contribution in [3.63, 3.8) is 0 Å². The van der Waals surface area contributed by atoms with E-state index in [2.05, 4.69) is 20.3 Å². The summed E-state index contributed by atoms with van der Waals surface area (Å²) in [7, 11) is -3.51. The van der Waals surface area contributed by atoms with Gasteiger partial charge in [0.25, 0.3) is 0 Å². The van der Waals surface area contributed by atoms with Crippen LogP contribution in [0.5, 0.6) is 0 Å². The van der Waals surface area contributed by atoms with Crippen molar-refractivity contribution in [2.24, 2.45) is 4.99 Å². The minimum atomic E-state index is -3.51. The smallest absolute Gasteiger partial charge is 0.240 e. The van der Waals surface area contributed by atoms with Crippen molar-refractivity contribution in [1.82, 2.24) is 15.4 Å². The van der Waals surface area contributed by atoms with Gasteiger partial charge >= 0.3 is 0 Å². The monoisotopic (exact) mass is 414 g/mol. The second-order valence-corrected chi connectivity index (χ2v) is 8.25. The molecule has 0 aliphatic carbocycles. The first-order valence-electron chi connectivity index (χ1n) is 9.55. The number of guanidine groups is 1. The number of aliphatic imine (C=N–C) groups is 1. The van der Waals surface area contributed by atoms with Gasteiger partial charge in [-0.25, -0.2) is 18.1 Å². The van der Waals surface area contributed by atoms with E-state index >= 15 is 0 Å². The second-order valence-electron chi connectivity index (χ2n) is 6.48. The van der Waals surface area contributed by atoms with Gasteiger partial charge in [0.2, 0.25) is 10.0 Å². The molecule has 7 nitrogen and oxygen atoms in total. The number of para-hydroxylation sites is 1. The van der Waals surface area contributed by atoms with Crippen molar-refractivity contribution in [1.29, 1.82) is 0 Å². The summed E-state index contributed by atoms with van der Waals surface area (Å²) >= 11 is 0. The Morgan fingerprint density at radius 1 is 1.00 bits per heavy atom. The molecule has 3 N–H and O–H groups in total. The molecule has 2 aromatic carbocycles. The van der Waals surface area contributed by atoms with Gasteiger partial charge in [0.05, 0.1) is 4.90 Å². The molecule has 0 aliphatic rings. The largest absolute Gasteiger partial charge is 0.459 e. The first-order valence-corrected chi connectivity index (χ1v) is 11.0. The van der Waals surface area contributed by atoms with Crippen LogP contribution in [0.15, 0.2) is 68.9 Å². The number of hydrogen-bond donors (Lipinski definition) is 3. The summed E-state index contributed by atoms with van der Waals surface area (Å²) in [6, 6.07) is 16.2. The molecule has 8 heteroatoms. The van der Waals surface area contributed by atoms with Gasteiger partial charge in [0, 0.05) is 30.6 Å². The Bertz CT molecular complexity index is 1080. The van der Waals surface area contributed by atoms with Gasteiger partial charge in [-0.3, -0.25) is 0 Å². The maximum absolute atomic E-state index is 12.2. The van der Waals surface area contributed by atoms with Gasteiger partial charge in [0.1, 0.15) is 17.9 Å². The Morgan fingerprint density at radius 3 is 2.45 bits per heavy atom. The second kappa shape index (κ2) is 9.58. The van der Waals surface area contributed by atoms with E-state index in [1.54, 1.807) is 30.3 Å². The zero-order valence-corrected chi connectivity index (χ0v) is 17.4. The summed E-state index contributed by atoms with van der Waals surface area (Å²) in [5.41, 5.74) is 1.93. The van der Waals surface area contributed by atoms with Crippen LogP contribution in [-0.4, -0.2) is 34.0 Å². The average Bonchev–Trinajstić information content (AvgIpc) is 3.06. The third-order valence-electron chi connectivity index (χ3n) is 4.43. The Morgan fingerprint density at radius 2 is 1.72 bits per heavy atom. The molecule has 0 aliphatic heterocycles. The number of nitrogens with one attached hydrogen (secondary N) is 3. The van der Waals surface area contributed by atoms with Crippen molar-refractivity contribution < 1.29 is 12.8 Å². The fourth-order valence-corrected chi connectivity index (χ4v) is 3.97. The third-order valence-corrected chi connectivity index (χ3v) is 5.91. The highest BCUT2D eigenvalue weighted by atomic mass is 32.2. The topological polar surface area (TPSA) is 95.7 Å². The van der Waals surface area contributed by atoms with E-state index in [-0.39, 0.29) is 11.4 Å². The van der Waals surface area contributed by atoms with Crippen LogP contribution >= 0.6 is 0 Å². The SMILES string of the molecule is CCNC(=NCc1oc2ccccc2c1C)NCCNS(=O)(=O)c1ccccc1. The van der Waals surface area contributed by atoms with Crippen molar-refractivity contribution in [3.05, 3.63) is 65.9 Å². The fraction of sp³-hybridized carbons (Fsp3) is 0.286. The van der Waals surface area contributed by atoms with Gasteiger partial charge in [-0.1, -0.05) is 36.4 Å². The van der Waals surface area contributed by atoms with Gasteiger partial charge < -0.3 is 15.1 Å². The number of nitrogens with zero attached hydrogens (tertiary/aromatic N) is 1. The van der Waals surface area contributed by atoms with E-state index in [1.807, 2.05) is 38.1 Å².